The van der Waals surface area contributed by atoms with Crippen molar-refractivity contribution < 1.29 is 57.6 Å². The summed E-state index contributed by atoms with van der Waals surface area (Å²) in [5.41, 5.74) is 0. The molecule has 6 aliphatic heterocycles. The molecule has 26 heteroatoms. The summed E-state index contributed by atoms with van der Waals surface area (Å²) < 4.78 is 117. The lowest BCUT2D eigenvalue weighted by Crippen LogP contribution is -2.93. The molecule has 8 aromatic rings. The Labute approximate surface area is 493 Å². The zero-order valence-electron chi connectivity index (χ0n) is 45.1. The van der Waals surface area contributed by atoms with Gasteiger partial charge in [-0.2, -0.15) is 5.26 Å². The topological polar surface area (TPSA) is 165 Å². The normalized spacial score (nSPS) is 33.8. The average Bonchev–Trinajstić information content (AvgIpc) is 2.52. The van der Waals surface area contributed by atoms with E-state index in [1.54, 1.807) is 12.2 Å². The van der Waals surface area contributed by atoms with Gasteiger partial charge in [0, 0.05) is 60.2 Å². The van der Waals surface area contributed by atoms with Crippen molar-refractivity contribution in [2.24, 2.45) is 0 Å². The van der Waals surface area contributed by atoms with Gasteiger partial charge in [-0.25, -0.2) is 0 Å². The molecule has 0 spiro atoms. The van der Waals surface area contributed by atoms with Gasteiger partial charge in [0.25, 0.3) is 0 Å². The van der Waals surface area contributed by atoms with Crippen molar-refractivity contribution in [1.82, 2.24) is 4.98 Å². The number of nitrogens with zero attached hydrogens (tertiary/aromatic N) is 1. The highest BCUT2D eigenvalue weighted by Crippen LogP contribution is 2.47. The van der Waals surface area contributed by atoms with E-state index in [-0.39, 0.29) is 12.6 Å². The Hall–Kier alpha value is -5.70. The smallest absolute Gasteiger partial charge is 0.391 e. The lowest BCUT2D eigenvalue weighted by atomic mass is 10.4. The summed E-state index contributed by atoms with van der Waals surface area (Å²) in [5, 5.41) is 14.0. The van der Waals surface area contributed by atoms with E-state index in [1.165, 1.54) is 6.08 Å². The molecule has 0 aliphatic carbocycles. The van der Waals surface area contributed by atoms with Crippen molar-refractivity contribution >= 4 is 129 Å². The SMILES string of the molecule is C=CCN[Si]1(C)O[Si]2(c3ccccc3)O[Si]3(c4ccccc4)O[Si]4(c5ccccc5)O[Si](C)(C/C=C/C#N)O[Si]5(c6ccccc6)O[Si](c6ccccc6)(O[Si](c6ccccc6)(O1)O[Si](c1ccccc1)(O5)O[Si](c1ccccc1)(O4)O2)O3. The zero-order chi connectivity index (χ0) is 56.8. The summed E-state index contributed by atoms with van der Waals surface area (Å²) in [7, 11) is -49.7. The Morgan fingerprint density at radius 2 is 0.542 bits per heavy atom. The highest BCUT2D eigenvalue weighted by molar-refractivity contribution is 7.12. The van der Waals surface area contributed by atoms with E-state index < -0.39 is 87.7 Å². The monoisotopic (exact) mass is 1270 g/mol. The average molecular weight is 1270 g/mol. The molecule has 8 bridgehead atoms. The lowest BCUT2D eigenvalue weighted by Gasteiger charge is -2.60. The molecule has 6 fully saturated rings. The number of benzene rings is 8. The first-order valence-electron chi connectivity index (χ1n) is 27.0. The number of rotatable bonds is 13. The van der Waals surface area contributed by atoms with Crippen molar-refractivity contribution in [3.8, 4) is 6.07 Å². The van der Waals surface area contributed by atoms with E-state index in [2.05, 4.69) is 17.6 Å². The van der Waals surface area contributed by atoms with Gasteiger partial charge in [0.2, 0.25) is 0 Å². The standard InChI is InChI=1S/C57H56N2O14Si10/c1-4-48-59-75(3)62-78(52-35-17-7-18-36-52)68-80(54-39-21-9-22-40-54)64-76(50-31-13-5-14-32-50)60-74(2,49-30-29-47-58)61-77(51-33-15-6-16-34-51)66-82(72-80,56-43-25-11-26-44-56)70-79(63-75,53-37-19-8-20-38-53)71-83(67-77,57-45-27-12-28-46-57)73-81(65-76,69-78)55-41-23-10-24-42-55/h4-46,59H,1,48-49H2,2-3H3/b30-29+. The summed E-state index contributed by atoms with van der Waals surface area (Å²) in [6.45, 7) is 8.16. The van der Waals surface area contributed by atoms with Gasteiger partial charge < -0.3 is 57.6 Å². The van der Waals surface area contributed by atoms with E-state index in [9.17, 15) is 5.26 Å². The maximum absolute atomic E-state index is 10.2. The number of hydrogen-bond donors (Lipinski definition) is 1. The quantitative estimate of drug-likeness (QED) is 0.0971. The molecule has 1 N–H and O–H groups in total. The highest BCUT2D eigenvalue weighted by atomic mass is 28.6. The van der Waals surface area contributed by atoms with Crippen LogP contribution < -0.4 is 46.5 Å². The predicted octanol–water partition coefficient (Wildman–Crippen LogP) is 4.55. The van der Waals surface area contributed by atoms with Crippen LogP contribution in [0.2, 0.25) is 19.1 Å². The largest absolute Gasteiger partial charge is 0.515 e. The summed E-state index contributed by atoms with van der Waals surface area (Å²) in [6, 6.07) is 78.3. The van der Waals surface area contributed by atoms with Gasteiger partial charge in [-0.1, -0.05) is 255 Å². The first-order chi connectivity index (χ1) is 40.4. The zero-order valence-corrected chi connectivity index (χ0v) is 55.1. The van der Waals surface area contributed by atoms with E-state index in [0.29, 0.717) is 41.5 Å². The first-order valence-corrected chi connectivity index (χ1v) is 45.7. The Kier molecular flexibility index (Phi) is 15.2. The van der Waals surface area contributed by atoms with Crippen LogP contribution in [0.25, 0.3) is 0 Å². The van der Waals surface area contributed by atoms with Crippen LogP contribution in [0.15, 0.2) is 267 Å². The van der Waals surface area contributed by atoms with Crippen molar-refractivity contribution in [2.75, 3.05) is 6.54 Å². The molecule has 0 aromatic heterocycles. The van der Waals surface area contributed by atoms with Gasteiger partial charge in [0.15, 0.2) is 0 Å². The molecular formula is C57H56N2O14Si10. The number of nitrogens with one attached hydrogen (secondary N) is 1. The minimum Gasteiger partial charge on any atom is -0.391 e. The van der Waals surface area contributed by atoms with Crippen LogP contribution >= 0.6 is 0 Å². The Bertz CT molecular complexity index is 3330. The Morgan fingerprint density at radius 3 is 0.747 bits per heavy atom. The molecule has 4 atom stereocenters. The molecule has 0 amide bonds. The number of nitriles is 1. The molecule has 83 heavy (non-hydrogen) atoms. The Morgan fingerprint density at radius 1 is 0.337 bits per heavy atom. The molecule has 14 rings (SSSR count). The number of hydrogen-bond acceptors (Lipinski definition) is 16. The molecule has 4 unspecified atom stereocenters. The fraction of sp³-hybridized carbons (Fsp3) is 0.0702. The van der Waals surface area contributed by atoms with Crippen LogP contribution in [0.5, 0.6) is 0 Å². The van der Waals surface area contributed by atoms with Gasteiger partial charge in [0.05, 0.1) is 6.07 Å². The molecule has 16 nitrogen and oxygen atoms in total. The lowest BCUT2D eigenvalue weighted by molar-refractivity contribution is 0.0248. The van der Waals surface area contributed by atoms with Crippen molar-refractivity contribution in [3.63, 3.8) is 0 Å². The van der Waals surface area contributed by atoms with Gasteiger partial charge >= 0.3 is 87.7 Å². The summed E-state index contributed by atoms with van der Waals surface area (Å²) in [6.07, 6.45) is 4.88. The van der Waals surface area contributed by atoms with Crippen LogP contribution in [-0.4, -0.2) is 94.3 Å². The van der Waals surface area contributed by atoms with Crippen LogP contribution in [0.1, 0.15) is 0 Å². The second-order valence-electron chi connectivity index (χ2n) is 20.3. The van der Waals surface area contributed by atoms with Gasteiger partial charge in [-0.05, 0) is 13.1 Å². The van der Waals surface area contributed by atoms with Crippen LogP contribution in [0, 0.1) is 11.3 Å². The van der Waals surface area contributed by atoms with Crippen molar-refractivity contribution in [1.29, 1.82) is 5.26 Å². The third kappa shape index (κ3) is 10.4. The fourth-order valence-electron chi connectivity index (χ4n) is 10.7. The minimum atomic E-state index is -5.22. The fourth-order valence-corrected chi connectivity index (χ4v) is 66.0. The van der Waals surface area contributed by atoms with E-state index in [0.717, 1.165) is 0 Å². The highest BCUT2D eigenvalue weighted by Gasteiger charge is 2.83. The second-order valence-corrected chi connectivity index (χ2v) is 50.2. The Balaban J connectivity index is 1.32. The van der Waals surface area contributed by atoms with Gasteiger partial charge in [-0.15, -0.1) is 6.58 Å². The molecule has 6 aliphatic rings. The maximum atomic E-state index is 10.2. The minimum absolute atomic E-state index is 0.0461. The predicted molar refractivity (Wildman–Crippen MR) is 331 cm³/mol. The van der Waals surface area contributed by atoms with Gasteiger partial charge in [0.1, 0.15) is 0 Å². The van der Waals surface area contributed by atoms with Crippen LogP contribution in [0.3, 0.4) is 0 Å². The van der Waals surface area contributed by atoms with Crippen LogP contribution in [-0.2, 0) is 57.6 Å². The van der Waals surface area contributed by atoms with Gasteiger partial charge in [-0.3, -0.25) is 4.98 Å². The van der Waals surface area contributed by atoms with E-state index in [1.807, 2.05) is 256 Å². The molecule has 8 aromatic carbocycles. The van der Waals surface area contributed by atoms with Crippen molar-refractivity contribution in [2.45, 2.75) is 19.1 Å². The molecule has 0 radical (unpaired) electrons. The molecule has 6 heterocycles. The molecular weight excluding hydrogens is 1220 g/mol. The maximum Gasteiger partial charge on any atom is 0.515 e. The van der Waals surface area contributed by atoms with Crippen molar-refractivity contribution in [3.05, 3.63) is 267 Å². The van der Waals surface area contributed by atoms with E-state index >= 15 is 0 Å². The third-order valence-corrected chi connectivity index (χ3v) is 56.8. The third-order valence-electron chi connectivity index (χ3n) is 14.3. The summed E-state index contributed by atoms with van der Waals surface area (Å²) in [4.78, 5) is 3.70. The van der Waals surface area contributed by atoms with E-state index in [4.69, 9.17) is 57.6 Å². The summed E-state index contributed by atoms with van der Waals surface area (Å²) >= 11 is 0. The molecule has 0 saturated carbocycles. The van der Waals surface area contributed by atoms with Crippen LogP contribution in [0.4, 0.5) is 0 Å². The molecule has 6 saturated heterocycles. The summed E-state index contributed by atoms with van der Waals surface area (Å²) in [5.74, 6) is 0. The first kappa shape index (κ1) is 56.4. The molecule has 418 valence electrons. The number of fused-ring (bicyclic) bond motifs is 4. The number of allylic oxidation sites excluding steroid dienone is 2. The second kappa shape index (κ2) is 22.3.